The van der Waals surface area contributed by atoms with Crippen molar-refractivity contribution in [1.82, 2.24) is 14.7 Å². The molecule has 0 aliphatic heterocycles. The van der Waals surface area contributed by atoms with Crippen LogP contribution in [0, 0.1) is 0 Å². The molecule has 1 aromatic heterocycles. The van der Waals surface area contributed by atoms with Gasteiger partial charge in [0.1, 0.15) is 18.0 Å². The predicted octanol–water partition coefficient (Wildman–Crippen LogP) is 3.36. The molecule has 8 heteroatoms. The standard InChI is InChI=1S/C20H21N5O2S/c1-21-28(26,27)18-7-3-6-16(11-18)24-19-12-20(23-13-22-19)25-17-9-8-14-4-2-5-15(14)10-17/h3,6-13,21H,2,4-5H2,1H3,(H2,22,23,24,25). The Bertz CT molecular complexity index is 1120. The van der Waals surface area contributed by atoms with Crippen LogP contribution in [0.2, 0.25) is 0 Å². The number of nitrogens with zero attached hydrogens (tertiary/aromatic N) is 2. The second kappa shape index (κ2) is 7.57. The van der Waals surface area contributed by atoms with Gasteiger partial charge in [-0.1, -0.05) is 12.1 Å². The predicted molar refractivity (Wildman–Crippen MR) is 110 cm³/mol. The number of hydrogen-bond donors (Lipinski definition) is 3. The SMILES string of the molecule is CNS(=O)(=O)c1cccc(Nc2cc(Nc3ccc4c(c3)CCC4)ncn2)c1. The highest BCUT2D eigenvalue weighted by Gasteiger charge is 2.12. The van der Waals surface area contributed by atoms with E-state index in [4.69, 9.17) is 0 Å². The zero-order chi connectivity index (χ0) is 19.6. The molecular weight excluding hydrogens is 374 g/mol. The molecule has 3 N–H and O–H groups in total. The zero-order valence-corrected chi connectivity index (χ0v) is 16.3. The van der Waals surface area contributed by atoms with Crippen molar-refractivity contribution in [2.24, 2.45) is 0 Å². The molecule has 0 radical (unpaired) electrons. The maximum atomic E-state index is 12.0. The van der Waals surface area contributed by atoms with Gasteiger partial charge < -0.3 is 10.6 Å². The van der Waals surface area contributed by atoms with Gasteiger partial charge in [0.2, 0.25) is 10.0 Å². The third-order valence-corrected chi connectivity index (χ3v) is 6.14. The number of rotatable bonds is 6. The number of anilines is 4. The molecule has 1 aliphatic carbocycles. The number of fused-ring (bicyclic) bond motifs is 1. The minimum Gasteiger partial charge on any atom is -0.340 e. The van der Waals surface area contributed by atoms with Gasteiger partial charge in [-0.05, 0) is 67.8 Å². The van der Waals surface area contributed by atoms with Crippen molar-refractivity contribution < 1.29 is 8.42 Å². The van der Waals surface area contributed by atoms with Gasteiger partial charge in [0.15, 0.2) is 0 Å². The summed E-state index contributed by atoms with van der Waals surface area (Å²) in [5.74, 6) is 1.23. The first-order valence-electron chi connectivity index (χ1n) is 9.05. The fraction of sp³-hybridized carbons (Fsp3) is 0.200. The zero-order valence-electron chi connectivity index (χ0n) is 15.4. The van der Waals surface area contributed by atoms with Gasteiger partial charge in [0, 0.05) is 17.4 Å². The van der Waals surface area contributed by atoms with E-state index in [1.165, 1.54) is 37.0 Å². The number of benzene rings is 2. The fourth-order valence-electron chi connectivity index (χ4n) is 3.30. The van der Waals surface area contributed by atoms with Crippen molar-refractivity contribution in [3.05, 3.63) is 66.0 Å². The third-order valence-electron chi connectivity index (χ3n) is 4.72. The van der Waals surface area contributed by atoms with Crippen LogP contribution in [0.5, 0.6) is 0 Å². The Labute approximate surface area is 164 Å². The molecule has 0 atom stereocenters. The lowest BCUT2D eigenvalue weighted by Crippen LogP contribution is -2.18. The second-order valence-corrected chi connectivity index (χ2v) is 8.50. The van der Waals surface area contributed by atoms with Crippen LogP contribution in [0.3, 0.4) is 0 Å². The summed E-state index contributed by atoms with van der Waals surface area (Å²) >= 11 is 0. The van der Waals surface area contributed by atoms with Crippen LogP contribution in [0.25, 0.3) is 0 Å². The molecule has 0 spiro atoms. The van der Waals surface area contributed by atoms with Gasteiger partial charge in [-0.3, -0.25) is 0 Å². The number of aryl methyl sites for hydroxylation is 2. The lowest BCUT2D eigenvalue weighted by atomic mass is 10.1. The molecule has 0 fully saturated rings. The van der Waals surface area contributed by atoms with Crippen LogP contribution >= 0.6 is 0 Å². The van der Waals surface area contributed by atoms with Crippen molar-refractivity contribution in [1.29, 1.82) is 0 Å². The average Bonchev–Trinajstić information content (AvgIpc) is 3.16. The average molecular weight is 395 g/mol. The summed E-state index contributed by atoms with van der Waals surface area (Å²) in [5.41, 5.74) is 4.43. The summed E-state index contributed by atoms with van der Waals surface area (Å²) in [4.78, 5) is 8.68. The highest BCUT2D eigenvalue weighted by Crippen LogP contribution is 2.27. The Morgan fingerprint density at radius 1 is 0.857 bits per heavy atom. The van der Waals surface area contributed by atoms with E-state index in [-0.39, 0.29) is 4.90 Å². The Kier molecular flexibility index (Phi) is 4.97. The van der Waals surface area contributed by atoms with E-state index in [1.807, 2.05) is 0 Å². The maximum absolute atomic E-state index is 12.0. The molecule has 1 heterocycles. The van der Waals surface area contributed by atoms with Crippen LogP contribution in [-0.4, -0.2) is 25.4 Å². The van der Waals surface area contributed by atoms with Crippen molar-refractivity contribution >= 4 is 33.0 Å². The molecule has 0 amide bonds. The van der Waals surface area contributed by atoms with Gasteiger partial charge in [-0.2, -0.15) is 0 Å². The summed E-state index contributed by atoms with van der Waals surface area (Å²) in [5, 5.41) is 6.43. The van der Waals surface area contributed by atoms with Crippen molar-refractivity contribution in [2.75, 3.05) is 17.7 Å². The summed E-state index contributed by atoms with van der Waals surface area (Å²) < 4.78 is 26.2. The van der Waals surface area contributed by atoms with Crippen molar-refractivity contribution in [3.8, 4) is 0 Å². The minimum absolute atomic E-state index is 0.186. The molecule has 0 unspecified atom stereocenters. The molecule has 3 aromatic rings. The van der Waals surface area contributed by atoms with E-state index in [0.717, 1.165) is 18.5 Å². The third kappa shape index (κ3) is 3.97. The van der Waals surface area contributed by atoms with E-state index >= 15 is 0 Å². The summed E-state index contributed by atoms with van der Waals surface area (Å²) in [6, 6.07) is 14.7. The van der Waals surface area contributed by atoms with Gasteiger partial charge in [-0.25, -0.2) is 23.1 Å². The van der Waals surface area contributed by atoms with Gasteiger partial charge in [-0.15, -0.1) is 0 Å². The molecule has 7 nitrogen and oxygen atoms in total. The Morgan fingerprint density at radius 2 is 1.57 bits per heavy atom. The number of nitrogens with one attached hydrogen (secondary N) is 3. The van der Waals surface area contributed by atoms with Gasteiger partial charge in [0.25, 0.3) is 0 Å². The van der Waals surface area contributed by atoms with E-state index in [9.17, 15) is 8.42 Å². The first-order chi connectivity index (χ1) is 13.5. The van der Waals surface area contributed by atoms with E-state index in [1.54, 1.807) is 24.3 Å². The van der Waals surface area contributed by atoms with Crippen LogP contribution in [0.1, 0.15) is 17.5 Å². The Hall–Kier alpha value is -2.97. The molecule has 144 valence electrons. The molecule has 0 saturated heterocycles. The smallest absolute Gasteiger partial charge is 0.240 e. The first kappa shape index (κ1) is 18.4. The van der Waals surface area contributed by atoms with Crippen LogP contribution in [0.15, 0.2) is 59.8 Å². The molecule has 0 bridgehead atoms. The van der Waals surface area contributed by atoms with E-state index in [0.29, 0.717) is 17.3 Å². The quantitative estimate of drug-likeness (QED) is 0.592. The Morgan fingerprint density at radius 3 is 2.32 bits per heavy atom. The molecule has 28 heavy (non-hydrogen) atoms. The van der Waals surface area contributed by atoms with Gasteiger partial charge in [0.05, 0.1) is 4.90 Å². The monoisotopic (exact) mass is 395 g/mol. The number of sulfonamides is 1. The maximum Gasteiger partial charge on any atom is 0.240 e. The van der Waals surface area contributed by atoms with Crippen molar-refractivity contribution in [2.45, 2.75) is 24.2 Å². The fourth-order valence-corrected chi connectivity index (χ4v) is 4.07. The summed E-state index contributed by atoms with van der Waals surface area (Å²) in [6.07, 6.45) is 4.95. The van der Waals surface area contributed by atoms with E-state index in [2.05, 4.69) is 43.5 Å². The number of hydrogen-bond acceptors (Lipinski definition) is 6. The molecule has 0 saturated carbocycles. The normalized spacial score (nSPS) is 13.2. The second-order valence-electron chi connectivity index (χ2n) is 6.61. The molecule has 2 aromatic carbocycles. The lowest BCUT2D eigenvalue weighted by molar-refractivity contribution is 0.588. The summed E-state index contributed by atoms with van der Waals surface area (Å²) in [6.45, 7) is 0. The lowest BCUT2D eigenvalue weighted by Gasteiger charge is -2.11. The molecule has 4 rings (SSSR count). The van der Waals surface area contributed by atoms with Crippen molar-refractivity contribution in [3.63, 3.8) is 0 Å². The van der Waals surface area contributed by atoms with E-state index < -0.39 is 10.0 Å². The molecule has 1 aliphatic rings. The Balaban J connectivity index is 1.52. The first-order valence-corrected chi connectivity index (χ1v) is 10.5. The topological polar surface area (TPSA) is 96.0 Å². The highest BCUT2D eigenvalue weighted by molar-refractivity contribution is 7.89. The molecular formula is C20H21N5O2S. The van der Waals surface area contributed by atoms with Crippen LogP contribution in [0.4, 0.5) is 23.0 Å². The van der Waals surface area contributed by atoms with Gasteiger partial charge >= 0.3 is 0 Å². The largest absolute Gasteiger partial charge is 0.340 e. The highest BCUT2D eigenvalue weighted by atomic mass is 32.2. The number of aromatic nitrogens is 2. The van der Waals surface area contributed by atoms with Crippen LogP contribution < -0.4 is 15.4 Å². The minimum atomic E-state index is -3.50. The van der Waals surface area contributed by atoms with Crippen LogP contribution in [-0.2, 0) is 22.9 Å². The summed E-state index contributed by atoms with van der Waals surface area (Å²) in [7, 11) is -2.12.